The summed E-state index contributed by atoms with van der Waals surface area (Å²) in [6.45, 7) is 3.17. The largest absolute Gasteiger partial charge is 0.497 e. The molecule has 3 aromatic rings. The Bertz CT molecular complexity index is 1090. The van der Waals surface area contributed by atoms with Crippen molar-refractivity contribution in [1.29, 1.82) is 0 Å². The fourth-order valence-electron chi connectivity index (χ4n) is 5.34. The molecule has 1 aromatic heterocycles. The van der Waals surface area contributed by atoms with Crippen LogP contribution in [0.5, 0.6) is 5.75 Å². The van der Waals surface area contributed by atoms with Gasteiger partial charge in [0.25, 0.3) is 5.56 Å². The van der Waals surface area contributed by atoms with E-state index in [2.05, 4.69) is 4.90 Å². The third-order valence-electron chi connectivity index (χ3n) is 6.85. The highest BCUT2D eigenvalue weighted by molar-refractivity contribution is 5.79. The summed E-state index contributed by atoms with van der Waals surface area (Å²) in [6.07, 6.45) is 6.27. The molecule has 5 rings (SSSR count). The molecule has 2 atom stereocenters. The minimum absolute atomic E-state index is 0.00630. The molecule has 0 radical (unpaired) electrons. The average molecular weight is 404 g/mol. The first-order valence-corrected chi connectivity index (χ1v) is 11.1. The summed E-state index contributed by atoms with van der Waals surface area (Å²) in [6, 6.07) is 16.2. The minimum atomic E-state index is 0.00630. The van der Waals surface area contributed by atoms with Crippen molar-refractivity contribution in [2.24, 2.45) is 5.92 Å². The van der Waals surface area contributed by atoms with Crippen LogP contribution < -0.4 is 10.3 Å². The van der Waals surface area contributed by atoms with Crippen molar-refractivity contribution in [1.82, 2.24) is 14.5 Å². The van der Waals surface area contributed by atoms with Crippen LogP contribution in [0, 0.1) is 5.92 Å². The van der Waals surface area contributed by atoms with Crippen molar-refractivity contribution < 1.29 is 4.74 Å². The molecule has 1 unspecified atom stereocenters. The first-order valence-electron chi connectivity index (χ1n) is 11.1. The molecular formula is C25H29N3O2. The van der Waals surface area contributed by atoms with Gasteiger partial charge in [0.05, 0.1) is 18.1 Å². The van der Waals surface area contributed by atoms with E-state index >= 15 is 0 Å². The lowest BCUT2D eigenvalue weighted by molar-refractivity contribution is 0.0520. The second-order valence-corrected chi connectivity index (χ2v) is 8.60. The molecule has 156 valence electrons. The fraction of sp³-hybridized carbons (Fsp3) is 0.440. The summed E-state index contributed by atoms with van der Waals surface area (Å²) in [5, 5.41) is 0. The van der Waals surface area contributed by atoms with Gasteiger partial charge in [-0.3, -0.25) is 4.79 Å². The number of benzene rings is 2. The van der Waals surface area contributed by atoms with Crippen LogP contribution in [-0.4, -0.2) is 40.7 Å². The van der Waals surface area contributed by atoms with Gasteiger partial charge in [-0.15, -0.1) is 0 Å². The molecular weight excluding hydrogens is 374 g/mol. The maximum absolute atomic E-state index is 13.6. The topological polar surface area (TPSA) is 47.4 Å². The molecule has 2 aromatic carbocycles. The Morgan fingerprint density at radius 1 is 1.03 bits per heavy atom. The number of methoxy groups -OCH3 is 1. The molecule has 2 aliphatic heterocycles. The first kappa shape index (κ1) is 19.3. The molecule has 5 heteroatoms. The van der Waals surface area contributed by atoms with Crippen molar-refractivity contribution in [2.75, 3.05) is 20.2 Å². The molecule has 2 aliphatic rings. The van der Waals surface area contributed by atoms with Gasteiger partial charge in [-0.05, 0) is 56.8 Å². The Hall–Kier alpha value is -2.66. The van der Waals surface area contributed by atoms with Crippen molar-refractivity contribution in [3.8, 4) is 17.0 Å². The number of aromatic nitrogens is 2. The Balaban J connectivity index is 1.62. The van der Waals surface area contributed by atoms with E-state index in [0.717, 1.165) is 28.9 Å². The second kappa shape index (κ2) is 8.23. The minimum Gasteiger partial charge on any atom is -0.497 e. The van der Waals surface area contributed by atoms with Gasteiger partial charge in [0, 0.05) is 24.2 Å². The van der Waals surface area contributed by atoms with Gasteiger partial charge in [-0.25, -0.2) is 4.98 Å². The number of fused-ring (bicyclic) bond motifs is 2. The predicted octanol–water partition coefficient (Wildman–Crippen LogP) is 4.34. The van der Waals surface area contributed by atoms with E-state index in [-0.39, 0.29) is 5.56 Å². The zero-order valence-corrected chi connectivity index (χ0v) is 17.6. The molecule has 0 saturated carbocycles. The second-order valence-electron chi connectivity index (χ2n) is 8.60. The fourth-order valence-corrected chi connectivity index (χ4v) is 5.34. The Labute approximate surface area is 177 Å². The van der Waals surface area contributed by atoms with E-state index in [9.17, 15) is 4.79 Å². The van der Waals surface area contributed by atoms with Crippen molar-refractivity contribution >= 4 is 11.0 Å². The zero-order chi connectivity index (χ0) is 20.5. The molecule has 0 bridgehead atoms. The standard InChI is InChI=1S/C25H29N3O2/c1-30-20-12-13-23-21(16-20)26-24(18-8-3-2-4-9-18)25(29)28(23)17-19-10-7-15-27-14-6-5-11-22(19)27/h2-4,8-9,12-13,16,19,22H,5-7,10-11,14-15,17H2,1H3/t19-,22?/m0/s1. The van der Waals surface area contributed by atoms with Crippen LogP contribution >= 0.6 is 0 Å². The van der Waals surface area contributed by atoms with Crippen LogP contribution in [0.4, 0.5) is 0 Å². The van der Waals surface area contributed by atoms with Crippen molar-refractivity contribution in [3.63, 3.8) is 0 Å². The Morgan fingerprint density at radius 2 is 1.87 bits per heavy atom. The van der Waals surface area contributed by atoms with E-state index in [1.165, 1.54) is 45.2 Å². The third-order valence-corrected chi connectivity index (χ3v) is 6.85. The molecule has 0 N–H and O–H groups in total. The van der Waals surface area contributed by atoms with E-state index in [1.54, 1.807) is 7.11 Å². The summed E-state index contributed by atoms with van der Waals surface area (Å²) in [4.78, 5) is 21.1. The van der Waals surface area contributed by atoms with E-state index in [1.807, 2.05) is 53.1 Å². The number of nitrogens with zero attached hydrogens (tertiary/aromatic N) is 3. The number of piperidine rings is 2. The van der Waals surface area contributed by atoms with Gasteiger partial charge in [0.2, 0.25) is 0 Å². The summed E-state index contributed by atoms with van der Waals surface area (Å²) in [7, 11) is 1.66. The van der Waals surface area contributed by atoms with E-state index in [4.69, 9.17) is 9.72 Å². The molecule has 30 heavy (non-hydrogen) atoms. The van der Waals surface area contributed by atoms with Crippen LogP contribution in [0.3, 0.4) is 0 Å². The number of rotatable bonds is 4. The highest BCUT2D eigenvalue weighted by Gasteiger charge is 2.33. The Kier molecular flexibility index (Phi) is 5.30. The maximum atomic E-state index is 13.6. The molecule has 0 aliphatic carbocycles. The molecule has 3 heterocycles. The monoisotopic (exact) mass is 403 g/mol. The van der Waals surface area contributed by atoms with Gasteiger partial charge in [0.15, 0.2) is 0 Å². The van der Waals surface area contributed by atoms with E-state index in [0.29, 0.717) is 17.7 Å². The predicted molar refractivity (Wildman–Crippen MR) is 120 cm³/mol. The van der Waals surface area contributed by atoms with Crippen LogP contribution in [0.15, 0.2) is 53.3 Å². The summed E-state index contributed by atoms with van der Waals surface area (Å²) in [5.74, 6) is 1.27. The lowest BCUT2D eigenvalue weighted by Crippen LogP contribution is -2.49. The SMILES string of the molecule is COc1ccc2c(c1)nc(-c1ccccc1)c(=O)n2C[C@@H]1CCCN2CCCCC12. The van der Waals surface area contributed by atoms with Gasteiger partial charge in [-0.2, -0.15) is 0 Å². The number of ether oxygens (including phenoxy) is 1. The molecule has 2 fully saturated rings. The quantitative estimate of drug-likeness (QED) is 0.650. The zero-order valence-electron chi connectivity index (χ0n) is 17.6. The molecule has 5 nitrogen and oxygen atoms in total. The van der Waals surface area contributed by atoms with Gasteiger partial charge in [0.1, 0.15) is 11.4 Å². The smallest absolute Gasteiger partial charge is 0.277 e. The van der Waals surface area contributed by atoms with Crippen LogP contribution in [0.2, 0.25) is 0 Å². The normalized spacial score (nSPS) is 22.0. The van der Waals surface area contributed by atoms with Gasteiger partial charge < -0.3 is 14.2 Å². The van der Waals surface area contributed by atoms with Crippen molar-refractivity contribution in [3.05, 3.63) is 58.9 Å². The number of hydrogen-bond acceptors (Lipinski definition) is 4. The lowest BCUT2D eigenvalue weighted by atomic mass is 9.83. The maximum Gasteiger partial charge on any atom is 0.277 e. The van der Waals surface area contributed by atoms with E-state index < -0.39 is 0 Å². The van der Waals surface area contributed by atoms with Gasteiger partial charge in [-0.1, -0.05) is 36.8 Å². The highest BCUT2D eigenvalue weighted by Crippen LogP contribution is 2.32. The average Bonchev–Trinajstić information content (AvgIpc) is 2.81. The lowest BCUT2D eigenvalue weighted by Gasteiger charge is -2.44. The van der Waals surface area contributed by atoms with Crippen LogP contribution in [-0.2, 0) is 6.54 Å². The van der Waals surface area contributed by atoms with Crippen LogP contribution in [0.1, 0.15) is 32.1 Å². The molecule has 0 amide bonds. The highest BCUT2D eigenvalue weighted by atomic mass is 16.5. The third kappa shape index (κ3) is 3.52. The molecule has 2 saturated heterocycles. The first-order chi connectivity index (χ1) is 14.7. The summed E-state index contributed by atoms with van der Waals surface area (Å²) < 4.78 is 7.40. The Morgan fingerprint density at radius 3 is 2.70 bits per heavy atom. The van der Waals surface area contributed by atoms with Crippen molar-refractivity contribution in [2.45, 2.75) is 44.7 Å². The number of hydrogen-bond donors (Lipinski definition) is 0. The molecule has 0 spiro atoms. The summed E-state index contributed by atoms with van der Waals surface area (Å²) in [5.41, 5.74) is 3.10. The van der Waals surface area contributed by atoms with Crippen LogP contribution in [0.25, 0.3) is 22.3 Å². The van der Waals surface area contributed by atoms with Gasteiger partial charge >= 0.3 is 0 Å². The summed E-state index contributed by atoms with van der Waals surface area (Å²) >= 11 is 0.